The average molecular weight is 449 g/mol. The van der Waals surface area contributed by atoms with E-state index < -0.39 is 0 Å². The lowest BCUT2D eigenvalue weighted by Gasteiger charge is -2.04. The minimum atomic E-state index is 0.0225. The summed E-state index contributed by atoms with van der Waals surface area (Å²) in [6.45, 7) is 0.146. The molecule has 1 aliphatic rings. The van der Waals surface area contributed by atoms with Gasteiger partial charge in [0.25, 0.3) is 11.1 Å². The Balaban J connectivity index is 1.20. The molecule has 0 saturated carbocycles. The topological polar surface area (TPSA) is 65.2 Å². The van der Waals surface area contributed by atoms with Crippen molar-refractivity contribution >= 4 is 29.1 Å². The molecule has 0 aliphatic heterocycles. The van der Waals surface area contributed by atoms with Crippen LogP contribution >= 0.6 is 23.4 Å². The van der Waals surface area contributed by atoms with Crippen LogP contribution in [0.25, 0.3) is 11.1 Å². The third-order valence-corrected chi connectivity index (χ3v) is 6.14. The van der Waals surface area contributed by atoms with Crippen molar-refractivity contribution < 1.29 is 13.9 Å². The van der Waals surface area contributed by atoms with E-state index in [1.54, 1.807) is 24.3 Å². The number of Topliss-reactive ketones (excluding diaryl/α,β-unsaturated/α-hetero) is 1. The van der Waals surface area contributed by atoms with E-state index in [-0.39, 0.29) is 18.1 Å². The molecule has 0 atom stereocenters. The van der Waals surface area contributed by atoms with Crippen LogP contribution in [0.2, 0.25) is 5.02 Å². The molecule has 154 valence electrons. The fraction of sp³-hybridized carbons (Fsp3) is 0.125. The Morgan fingerprint density at radius 2 is 1.81 bits per heavy atom. The maximum absolute atomic E-state index is 12.7. The Morgan fingerprint density at radius 1 is 1.00 bits per heavy atom. The van der Waals surface area contributed by atoms with Crippen molar-refractivity contribution in [1.29, 1.82) is 0 Å². The summed E-state index contributed by atoms with van der Waals surface area (Å²) in [5.41, 5.74) is 5.60. The zero-order valence-corrected chi connectivity index (χ0v) is 17.9. The van der Waals surface area contributed by atoms with Gasteiger partial charge in [0.2, 0.25) is 0 Å². The van der Waals surface area contributed by atoms with Gasteiger partial charge in [0.1, 0.15) is 5.75 Å². The van der Waals surface area contributed by atoms with E-state index in [2.05, 4.69) is 22.3 Å². The number of benzene rings is 3. The Morgan fingerprint density at radius 3 is 2.68 bits per heavy atom. The third kappa shape index (κ3) is 4.36. The maximum atomic E-state index is 12.7. The first-order chi connectivity index (χ1) is 15.2. The SMILES string of the molecule is O=C(CSc1nnc(COc2ccc(Cl)cc2)o1)c1ccc2c(c1)-c1ccccc1C2. The number of aromatic nitrogens is 2. The molecule has 31 heavy (non-hydrogen) atoms. The second-order valence-corrected chi connectivity index (χ2v) is 8.49. The molecule has 0 N–H and O–H groups in total. The summed E-state index contributed by atoms with van der Waals surface area (Å²) in [4.78, 5) is 12.7. The third-order valence-electron chi connectivity index (χ3n) is 5.07. The first-order valence-electron chi connectivity index (χ1n) is 9.74. The average Bonchev–Trinajstić information content (AvgIpc) is 3.41. The molecular weight excluding hydrogens is 432 g/mol. The van der Waals surface area contributed by atoms with Crippen LogP contribution in [0.3, 0.4) is 0 Å². The highest BCUT2D eigenvalue weighted by molar-refractivity contribution is 7.99. The molecule has 7 heteroatoms. The van der Waals surface area contributed by atoms with Gasteiger partial charge in [-0.05, 0) is 59.0 Å². The van der Waals surface area contributed by atoms with Crippen LogP contribution in [0.15, 0.2) is 76.4 Å². The quantitative estimate of drug-likeness (QED) is 0.230. The number of thioether (sulfide) groups is 1. The largest absolute Gasteiger partial charge is 0.484 e. The monoisotopic (exact) mass is 448 g/mol. The van der Waals surface area contributed by atoms with Gasteiger partial charge >= 0.3 is 0 Å². The molecule has 0 radical (unpaired) electrons. The lowest BCUT2D eigenvalue weighted by molar-refractivity contribution is 0.102. The molecule has 0 fully saturated rings. The van der Waals surface area contributed by atoms with Gasteiger partial charge in [-0.3, -0.25) is 4.79 Å². The molecule has 0 spiro atoms. The van der Waals surface area contributed by atoms with Crippen LogP contribution in [0.5, 0.6) is 5.75 Å². The second kappa shape index (κ2) is 8.57. The number of ketones is 1. The van der Waals surface area contributed by atoms with Crippen LogP contribution in [0.4, 0.5) is 0 Å². The van der Waals surface area contributed by atoms with Gasteiger partial charge in [0.05, 0.1) is 5.75 Å². The number of hydrogen-bond acceptors (Lipinski definition) is 6. The van der Waals surface area contributed by atoms with Crippen LogP contribution in [-0.2, 0) is 13.0 Å². The zero-order chi connectivity index (χ0) is 21.2. The van der Waals surface area contributed by atoms with Crippen molar-refractivity contribution in [2.75, 3.05) is 5.75 Å². The number of nitrogens with zero attached hydrogens (tertiary/aromatic N) is 2. The first kappa shape index (κ1) is 19.8. The van der Waals surface area contributed by atoms with Crippen molar-refractivity contribution in [3.8, 4) is 16.9 Å². The van der Waals surface area contributed by atoms with Crippen LogP contribution < -0.4 is 4.74 Å². The number of halogens is 1. The van der Waals surface area contributed by atoms with Crippen LogP contribution in [-0.4, -0.2) is 21.7 Å². The molecule has 5 rings (SSSR count). The minimum absolute atomic E-state index is 0.0225. The Kier molecular flexibility index (Phi) is 5.49. The predicted molar refractivity (Wildman–Crippen MR) is 120 cm³/mol. The first-order valence-corrected chi connectivity index (χ1v) is 11.1. The smallest absolute Gasteiger partial charge is 0.277 e. The normalized spacial score (nSPS) is 11.8. The highest BCUT2D eigenvalue weighted by Gasteiger charge is 2.20. The lowest BCUT2D eigenvalue weighted by atomic mass is 10.0. The molecule has 3 aromatic carbocycles. The van der Waals surface area contributed by atoms with E-state index in [0.29, 0.717) is 27.4 Å². The second-order valence-electron chi connectivity index (χ2n) is 7.12. The molecule has 0 bridgehead atoms. The molecular formula is C24H17ClN2O3S. The number of carbonyl (C=O) groups is 1. The number of ether oxygens (including phenoxy) is 1. The van der Waals surface area contributed by atoms with Gasteiger partial charge in [0, 0.05) is 10.6 Å². The predicted octanol–water partition coefficient (Wildman–Crippen LogP) is 5.85. The molecule has 0 saturated heterocycles. The van der Waals surface area contributed by atoms with Gasteiger partial charge in [-0.1, -0.05) is 59.8 Å². The van der Waals surface area contributed by atoms with Gasteiger partial charge in [-0.15, -0.1) is 10.2 Å². The van der Waals surface area contributed by atoms with Crippen molar-refractivity contribution in [2.45, 2.75) is 18.3 Å². The standard InChI is InChI=1S/C24H17ClN2O3S/c25-18-7-9-19(10-8-18)29-13-23-26-27-24(30-23)31-14-22(28)17-6-5-16-11-15-3-1-2-4-20(15)21(16)12-17/h1-10,12H,11,13-14H2. The summed E-state index contributed by atoms with van der Waals surface area (Å²) in [7, 11) is 0. The number of hydrogen-bond donors (Lipinski definition) is 0. The molecule has 0 unspecified atom stereocenters. The summed E-state index contributed by atoms with van der Waals surface area (Å²) >= 11 is 7.08. The van der Waals surface area contributed by atoms with Gasteiger partial charge in [-0.2, -0.15) is 0 Å². The van der Waals surface area contributed by atoms with Gasteiger partial charge in [-0.25, -0.2) is 0 Å². The van der Waals surface area contributed by atoms with Crippen molar-refractivity contribution in [3.05, 3.63) is 94.3 Å². The van der Waals surface area contributed by atoms with E-state index in [4.69, 9.17) is 20.8 Å². The molecule has 1 heterocycles. The Labute approximate surface area is 188 Å². The maximum Gasteiger partial charge on any atom is 0.277 e. The summed E-state index contributed by atoms with van der Waals surface area (Å²) < 4.78 is 11.2. The fourth-order valence-electron chi connectivity index (χ4n) is 3.54. The van der Waals surface area contributed by atoms with Crippen LogP contribution in [0.1, 0.15) is 27.4 Å². The van der Waals surface area contributed by atoms with Crippen molar-refractivity contribution in [1.82, 2.24) is 10.2 Å². The van der Waals surface area contributed by atoms with Gasteiger partial charge < -0.3 is 9.15 Å². The van der Waals surface area contributed by atoms with Crippen molar-refractivity contribution in [2.24, 2.45) is 0 Å². The molecule has 0 amide bonds. The molecule has 4 aromatic rings. The molecule has 5 nitrogen and oxygen atoms in total. The summed E-state index contributed by atoms with van der Waals surface area (Å²) in [6.07, 6.45) is 0.914. The van der Waals surface area contributed by atoms with E-state index >= 15 is 0 Å². The Hall–Kier alpha value is -3.09. The zero-order valence-electron chi connectivity index (χ0n) is 16.4. The lowest BCUT2D eigenvalue weighted by Crippen LogP contribution is -2.02. The fourth-order valence-corrected chi connectivity index (χ4v) is 4.34. The van der Waals surface area contributed by atoms with E-state index in [1.807, 2.05) is 30.3 Å². The van der Waals surface area contributed by atoms with Gasteiger partial charge in [0.15, 0.2) is 12.4 Å². The van der Waals surface area contributed by atoms with Crippen LogP contribution in [0, 0.1) is 0 Å². The number of rotatable bonds is 7. The Bertz CT molecular complexity index is 1250. The highest BCUT2D eigenvalue weighted by atomic mass is 35.5. The molecule has 1 aromatic heterocycles. The van der Waals surface area contributed by atoms with E-state index in [1.165, 1.54) is 28.5 Å². The number of fused-ring (bicyclic) bond motifs is 3. The summed E-state index contributed by atoms with van der Waals surface area (Å²) in [5.74, 6) is 1.25. The van der Waals surface area contributed by atoms with E-state index in [9.17, 15) is 4.79 Å². The highest BCUT2D eigenvalue weighted by Crippen LogP contribution is 2.37. The summed E-state index contributed by atoms with van der Waals surface area (Å²) in [5, 5.41) is 8.94. The van der Waals surface area contributed by atoms with Crippen molar-refractivity contribution in [3.63, 3.8) is 0 Å². The molecule has 1 aliphatic carbocycles. The summed E-state index contributed by atoms with van der Waals surface area (Å²) in [6, 6.07) is 21.3. The minimum Gasteiger partial charge on any atom is -0.484 e. The van der Waals surface area contributed by atoms with E-state index in [0.717, 1.165) is 12.0 Å². The number of carbonyl (C=O) groups excluding carboxylic acids is 1.